The zero-order chi connectivity index (χ0) is 13.7. The van der Waals surface area contributed by atoms with Crippen LogP contribution in [0.1, 0.15) is 15.9 Å². The van der Waals surface area contributed by atoms with Crippen molar-refractivity contribution in [2.45, 2.75) is 6.42 Å². The number of nitrogens with one attached hydrogen (secondary N) is 1. The predicted molar refractivity (Wildman–Crippen MR) is 74.5 cm³/mol. The second-order valence-corrected chi connectivity index (χ2v) is 4.58. The minimum absolute atomic E-state index is 0.105. The van der Waals surface area contributed by atoms with Crippen LogP contribution in [0.4, 0.5) is 0 Å². The first-order valence-electron chi connectivity index (χ1n) is 5.66. The zero-order valence-electron chi connectivity index (χ0n) is 9.94. The Morgan fingerprint density at radius 1 is 1.16 bits per heavy atom. The van der Waals surface area contributed by atoms with Crippen LogP contribution >= 0.6 is 23.2 Å². The van der Waals surface area contributed by atoms with Crippen LogP contribution in [0.15, 0.2) is 36.7 Å². The topological polar surface area (TPSA) is 54.9 Å². The molecule has 0 aromatic carbocycles. The van der Waals surface area contributed by atoms with Crippen LogP contribution in [0.25, 0.3) is 0 Å². The molecule has 98 valence electrons. The summed E-state index contributed by atoms with van der Waals surface area (Å²) >= 11 is 11.5. The van der Waals surface area contributed by atoms with Crippen molar-refractivity contribution < 1.29 is 4.79 Å². The summed E-state index contributed by atoms with van der Waals surface area (Å²) in [4.78, 5) is 19.6. The molecular weight excluding hydrogens is 285 g/mol. The molecule has 0 aliphatic heterocycles. The third kappa shape index (κ3) is 3.91. The second kappa shape index (κ2) is 6.50. The van der Waals surface area contributed by atoms with Gasteiger partial charge in [-0.3, -0.25) is 9.78 Å². The van der Waals surface area contributed by atoms with Gasteiger partial charge in [0.05, 0.1) is 5.56 Å². The Labute approximate surface area is 120 Å². The van der Waals surface area contributed by atoms with E-state index in [1.165, 1.54) is 6.07 Å². The van der Waals surface area contributed by atoms with Gasteiger partial charge >= 0.3 is 0 Å². The Bertz CT molecular complexity index is 575. The van der Waals surface area contributed by atoms with Crippen LogP contribution in [-0.2, 0) is 6.42 Å². The fourth-order valence-electron chi connectivity index (χ4n) is 1.55. The fraction of sp³-hybridized carbons (Fsp3) is 0.154. The van der Waals surface area contributed by atoms with Gasteiger partial charge < -0.3 is 5.32 Å². The number of aromatic nitrogens is 2. The quantitative estimate of drug-likeness (QED) is 0.883. The van der Waals surface area contributed by atoms with E-state index in [0.717, 1.165) is 12.0 Å². The summed E-state index contributed by atoms with van der Waals surface area (Å²) in [7, 11) is 0. The number of amides is 1. The monoisotopic (exact) mass is 295 g/mol. The van der Waals surface area contributed by atoms with Crippen molar-refractivity contribution in [2.75, 3.05) is 6.54 Å². The lowest BCUT2D eigenvalue weighted by Crippen LogP contribution is -2.26. The lowest BCUT2D eigenvalue weighted by Gasteiger charge is -2.06. The van der Waals surface area contributed by atoms with Gasteiger partial charge in [0.15, 0.2) is 0 Å². The number of hydrogen-bond donors (Lipinski definition) is 1. The number of carbonyl (C=O) groups is 1. The SMILES string of the molecule is O=C(NCCc1ccncc1)c1ccc(Cl)nc1Cl. The molecule has 19 heavy (non-hydrogen) atoms. The highest BCUT2D eigenvalue weighted by molar-refractivity contribution is 6.34. The zero-order valence-corrected chi connectivity index (χ0v) is 11.4. The van der Waals surface area contributed by atoms with Gasteiger partial charge in [-0.1, -0.05) is 23.2 Å². The van der Waals surface area contributed by atoms with Gasteiger partial charge in [-0.2, -0.15) is 0 Å². The Morgan fingerprint density at radius 2 is 1.89 bits per heavy atom. The van der Waals surface area contributed by atoms with Crippen molar-refractivity contribution in [1.82, 2.24) is 15.3 Å². The van der Waals surface area contributed by atoms with E-state index in [1.807, 2.05) is 12.1 Å². The molecule has 0 radical (unpaired) electrons. The molecule has 2 heterocycles. The van der Waals surface area contributed by atoms with Crippen LogP contribution in [-0.4, -0.2) is 22.4 Å². The van der Waals surface area contributed by atoms with E-state index in [9.17, 15) is 4.79 Å². The normalized spacial score (nSPS) is 10.2. The van der Waals surface area contributed by atoms with E-state index in [-0.39, 0.29) is 16.2 Å². The van der Waals surface area contributed by atoms with Gasteiger partial charge in [0.1, 0.15) is 10.3 Å². The third-order valence-corrected chi connectivity index (χ3v) is 3.01. The molecule has 0 aliphatic rings. The summed E-state index contributed by atoms with van der Waals surface area (Å²) in [5.74, 6) is -0.261. The molecule has 2 aromatic heterocycles. The van der Waals surface area contributed by atoms with E-state index in [0.29, 0.717) is 12.1 Å². The smallest absolute Gasteiger partial charge is 0.254 e. The highest BCUT2D eigenvalue weighted by atomic mass is 35.5. The third-order valence-electron chi connectivity index (χ3n) is 2.51. The van der Waals surface area contributed by atoms with Crippen LogP contribution in [0.5, 0.6) is 0 Å². The number of nitrogens with zero attached hydrogens (tertiary/aromatic N) is 2. The van der Waals surface area contributed by atoms with Gasteiger partial charge in [0.2, 0.25) is 0 Å². The van der Waals surface area contributed by atoms with E-state index < -0.39 is 0 Å². The highest BCUT2D eigenvalue weighted by Crippen LogP contribution is 2.16. The molecular formula is C13H11Cl2N3O. The first-order chi connectivity index (χ1) is 9.16. The molecule has 1 amide bonds. The van der Waals surface area contributed by atoms with Crippen molar-refractivity contribution in [2.24, 2.45) is 0 Å². The first kappa shape index (κ1) is 13.8. The number of rotatable bonds is 4. The Balaban J connectivity index is 1.91. The molecule has 0 aliphatic carbocycles. The number of carbonyl (C=O) groups excluding carboxylic acids is 1. The van der Waals surface area contributed by atoms with Crippen molar-refractivity contribution in [1.29, 1.82) is 0 Å². The molecule has 0 saturated heterocycles. The van der Waals surface area contributed by atoms with E-state index in [4.69, 9.17) is 23.2 Å². The molecule has 0 unspecified atom stereocenters. The van der Waals surface area contributed by atoms with Gasteiger partial charge in [-0.05, 0) is 36.2 Å². The van der Waals surface area contributed by atoms with E-state index in [2.05, 4.69) is 15.3 Å². The molecule has 1 N–H and O–H groups in total. The van der Waals surface area contributed by atoms with E-state index in [1.54, 1.807) is 18.5 Å². The van der Waals surface area contributed by atoms with Crippen molar-refractivity contribution in [3.05, 3.63) is 58.1 Å². The molecule has 0 spiro atoms. The summed E-state index contributed by atoms with van der Waals surface area (Å²) in [6.07, 6.45) is 4.17. The van der Waals surface area contributed by atoms with Crippen LogP contribution < -0.4 is 5.32 Å². The van der Waals surface area contributed by atoms with Gasteiger partial charge in [-0.25, -0.2) is 4.98 Å². The maximum atomic E-state index is 11.9. The molecule has 2 aromatic rings. The van der Waals surface area contributed by atoms with Gasteiger partial charge in [-0.15, -0.1) is 0 Å². The van der Waals surface area contributed by atoms with Crippen molar-refractivity contribution >= 4 is 29.1 Å². The molecule has 0 saturated carbocycles. The summed E-state index contributed by atoms with van der Waals surface area (Å²) in [5.41, 5.74) is 1.43. The minimum Gasteiger partial charge on any atom is -0.352 e. The summed E-state index contributed by atoms with van der Waals surface area (Å²) < 4.78 is 0. The van der Waals surface area contributed by atoms with Gasteiger partial charge in [0.25, 0.3) is 5.91 Å². The minimum atomic E-state index is -0.261. The number of halogens is 2. The largest absolute Gasteiger partial charge is 0.352 e. The molecule has 6 heteroatoms. The highest BCUT2D eigenvalue weighted by Gasteiger charge is 2.11. The molecule has 0 fully saturated rings. The first-order valence-corrected chi connectivity index (χ1v) is 6.41. The summed E-state index contributed by atoms with van der Waals surface area (Å²) in [5, 5.41) is 3.15. The molecule has 0 bridgehead atoms. The lowest BCUT2D eigenvalue weighted by molar-refractivity contribution is 0.0954. The number of pyridine rings is 2. The second-order valence-electron chi connectivity index (χ2n) is 3.83. The lowest BCUT2D eigenvalue weighted by atomic mass is 10.2. The summed E-state index contributed by atoms with van der Waals surface area (Å²) in [6.45, 7) is 0.516. The average molecular weight is 296 g/mol. The Morgan fingerprint density at radius 3 is 2.58 bits per heavy atom. The van der Waals surface area contributed by atoms with Crippen molar-refractivity contribution in [3.8, 4) is 0 Å². The molecule has 4 nitrogen and oxygen atoms in total. The average Bonchev–Trinajstić information content (AvgIpc) is 2.39. The summed E-state index contributed by atoms with van der Waals surface area (Å²) in [6, 6.07) is 6.90. The maximum absolute atomic E-state index is 11.9. The Kier molecular flexibility index (Phi) is 4.71. The standard InChI is InChI=1S/C13H11Cl2N3O/c14-11-2-1-10(12(15)18-11)13(19)17-8-5-9-3-6-16-7-4-9/h1-4,6-7H,5,8H2,(H,17,19). The number of hydrogen-bond acceptors (Lipinski definition) is 3. The van der Waals surface area contributed by atoms with E-state index >= 15 is 0 Å². The maximum Gasteiger partial charge on any atom is 0.254 e. The Hall–Kier alpha value is -1.65. The van der Waals surface area contributed by atoms with Crippen LogP contribution in [0, 0.1) is 0 Å². The van der Waals surface area contributed by atoms with Gasteiger partial charge in [0, 0.05) is 18.9 Å². The van der Waals surface area contributed by atoms with Crippen LogP contribution in [0.2, 0.25) is 10.3 Å². The molecule has 2 rings (SSSR count). The van der Waals surface area contributed by atoms with Crippen molar-refractivity contribution in [3.63, 3.8) is 0 Å². The predicted octanol–water partition coefficient (Wildman–Crippen LogP) is 2.76. The fourth-order valence-corrected chi connectivity index (χ4v) is 1.98. The molecule has 0 atom stereocenters. The van der Waals surface area contributed by atoms with Crippen LogP contribution in [0.3, 0.4) is 0 Å².